The van der Waals surface area contributed by atoms with Crippen LogP contribution in [0.3, 0.4) is 0 Å². The maximum absolute atomic E-state index is 14.2. The number of nitrogens with zero attached hydrogens (tertiary/aromatic N) is 9. The Balaban J connectivity index is 0.000000175. The van der Waals surface area contributed by atoms with Crippen LogP contribution in [-0.2, 0) is 74.0 Å². The molecule has 0 amide bonds. The normalized spacial score (nSPS) is 10.8. The summed E-state index contributed by atoms with van der Waals surface area (Å²) in [6.45, 7) is 8.01. The summed E-state index contributed by atoms with van der Waals surface area (Å²) < 4.78 is 54.9. The van der Waals surface area contributed by atoms with Crippen molar-refractivity contribution >= 4 is 17.3 Å². The average Bonchev–Trinajstić information content (AvgIpc) is 0.812. The van der Waals surface area contributed by atoms with Crippen LogP contribution in [0.4, 0.5) is 34.9 Å². The van der Waals surface area contributed by atoms with Crippen molar-refractivity contribution in [2.24, 2.45) is 0 Å². The first-order valence-corrected chi connectivity index (χ1v) is 28.3. The van der Waals surface area contributed by atoms with Gasteiger partial charge < -0.3 is 29.9 Å². The predicted molar refractivity (Wildman–Crippen MR) is 339 cm³/mol. The van der Waals surface area contributed by atoms with E-state index in [1.807, 2.05) is 178 Å². The molecular formula is C76H53F4N9Pt3. The van der Waals surface area contributed by atoms with E-state index in [1.165, 1.54) is 0 Å². The van der Waals surface area contributed by atoms with Crippen LogP contribution in [-0.4, -0.2) is 39.9 Å². The van der Waals surface area contributed by atoms with Crippen LogP contribution in [0.2, 0.25) is 0 Å². The largest absolute Gasteiger partial charge is 2.00 e. The van der Waals surface area contributed by atoms with Gasteiger partial charge in [0, 0.05) is 62.6 Å². The third kappa shape index (κ3) is 16.5. The zero-order valence-electron chi connectivity index (χ0n) is 49.7. The van der Waals surface area contributed by atoms with Crippen LogP contribution in [0.1, 0.15) is 50.5 Å². The maximum Gasteiger partial charge on any atom is 2.00 e. The molecule has 5 aromatic carbocycles. The van der Waals surface area contributed by atoms with E-state index >= 15 is 0 Å². The van der Waals surface area contributed by atoms with Crippen LogP contribution in [0, 0.1) is 59.9 Å². The molecule has 460 valence electrons. The first-order valence-electron chi connectivity index (χ1n) is 28.3. The Morgan fingerprint density at radius 1 is 0.337 bits per heavy atom. The fourth-order valence-electron chi connectivity index (χ4n) is 9.65. The number of pyridine rings is 8. The zero-order chi connectivity index (χ0) is 61.7. The SMILES string of the molecule is CC(C)(c1cccc(-c2[c-]cc(F)cc2F)n1)c1cccc(-c2[c-]cc(F)cc2F)n1.CC(C)(c1cccc(-c2[c-]nccc2)n1)c1cccc(-c2[c-]nccc2)n1.[Pt+2].[Pt+2].[Pt+2].[c-]1ccccc1-c1cccc(N(c2ccccc2)c2cccc(-c3[c-]cccc3)n2)n1. The van der Waals surface area contributed by atoms with E-state index < -0.39 is 28.7 Å². The fraction of sp³-hybridized carbons (Fsp3) is 0.0789. The molecule has 0 atom stereocenters. The van der Waals surface area contributed by atoms with Gasteiger partial charge in [0.25, 0.3) is 0 Å². The Labute approximate surface area is 576 Å². The number of para-hydroxylation sites is 1. The van der Waals surface area contributed by atoms with Crippen molar-refractivity contribution in [3.63, 3.8) is 0 Å². The van der Waals surface area contributed by atoms with Crippen molar-refractivity contribution in [2.75, 3.05) is 4.90 Å². The molecule has 0 aliphatic carbocycles. The molecular weight excluding hydrogens is 1700 g/mol. The van der Waals surface area contributed by atoms with Gasteiger partial charge in [-0.05, 0) is 123 Å². The van der Waals surface area contributed by atoms with Gasteiger partial charge in [-0.25, -0.2) is 0 Å². The zero-order valence-corrected chi connectivity index (χ0v) is 56.5. The third-order valence-corrected chi connectivity index (χ3v) is 14.5. The summed E-state index contributed by atoms with van der Waals surface area (Å²) in [5, 5.41) is 0. The van der Waals surface area contributed by atoms with E-state index in [2.05, 4.69) is 87.5 Å². The monoisotopic (exact) mass is 1750 g/mol. The molecule has 0 aliphatic rings. The first-order chi connectivity index (χ1) is 43.3. The smallest absolute Gasteiger partial charge is 0.360 e. The summed E-state index contributed by atoms with van der Waals surface area (Å²) in [7, 11) is 0. The summed E-state index contributed by atoms with van der Waals surface area (Å²) in [5.41, 5.74) is 10.8. The Morgan fingerprint density at radius 3 is 1.04 bits per heavy atom. The van der Waals surface area contributed by atoms with Crippen LogP contribution < -0.4 is 4.90 Å². The molecule has 0 aliphatic heterocycles. The minimum absolute atomic E-state index is 0. The van der Waals surface area contributed by atoms with Gasteiger partial charge in [-0.15, -0.1) is 131 Å². The molecule has 13 aromatic rings. The van der Waals surface area contributed by atoms with Gasteiger partial charge in [0.2, 0.25) is 0 Å². The Morgan fingerprint density at radius 2 is 0.685 bits per heavy atom. The first kappa shape index (κ1) is 68.8. The predicted octanol–water partition coefficient (Wildman–Crippen LogP) is 17.7. The van der Waals surface area contributed by atoms with E-state index in [0.29, 0.717) is 22.8 Å². The van der Waals surface area contributed by atoms with E-state index in [0.717, 1.165) is 98.0 Å². The van der Waals surface area contributed by atoms with Crippen molar-refractivity contribution < 1.29 is 80.8 Å². The number of hydrogen-bond donors (Lipinski definition) is 0. The molecule has 0 spiro atoms. The Kier molecular flexibility index (Phi) is 23.7. The molecule has 8 heterocycles. The minimum Gasteiger partial charge on any atom is -0.360 e. The molecule has 9 nitrogen and oxygen atoms in total. The van der Waals surface area contributed by atoms with Crippen molar-refractivity contribution in [1.82, 2.24) is 39.9 Å². The van der Waals surface area contributed by atoms with Gasteiger partial charge in [0.15, 0.2) is 0 Å². The second kappa shape index (κ2) is 31.8. The Bertz CT molecular complexity index is 4260. The quantitative estimate of drug-likeness (QED) is 0.0824. The van der Waals surface area contributed by atoms with Gasteiger partial charge in [-0.3, -0.25) is 32.4 Å². The van der Waals surface area contributed by atoms with E-state index in [4.69, 9.17) is 19.9 Å². The van der Waals surface area contributed by atoms with Gasteiger partial charge in [-0.1, -0.05) is 127 Å². The second-order valence-electron chi connectivity index (χ2n) is 21.3. The van der Waals surface area contributed by atoms with Crippen molar-refractivity contribution in [3.05, 3.63) is 332 Å². The second-order valence-corrected chi connectivity index (χ2v) is 21.3. The number of benzene rings is 5. The number of aromatic nitrogens is 8. The van der Waals surface area contributed by atoms with Crippen LogP contribution in [0.25, 0.3) is 67.5 Å². The van der Waals surface area contributed by atoms with Gasteiger partial charge in [0.05, 0.1) is 0 Å². The van der Waals surface area contributed by atoms with Gasteiger partial charge in [-0.2, -0.15) is 0 Å². The van der Waals surface area contributed by atoms with Crippen LogP contribution in [0.5, 0.6) is 0 Å². The molecule has 16 heteroatoms. The number of hydrogen-bond acceptors (Lipinski definition) is 9. The molecule has 0 saturated carbocycles. The molecule has 0 fully saturated rings. The molecule has 92 heavy (non-hydrogen) atoms. The standard InChI is InChI=1S/C28H19N3.C25H16F4N2.C23H18N4.3Pt/c1-4-12-22(13-5-1)25-18-10-20-27(29-25)31(24-16-8-3-9-17-24)28-21-11-19-26(30-28)23-14-6-2-7-15-23;1-25(2,23-7-3-5-21(30-23)17-11-9-15(26)13-19(17)28)24-8-4-6-22(31-24)18-12-10-16(27)14-20(18)29;1-23(2,21-11-3-9-19(26-21)17-7-5-13-24-15-17)22-12-4-10-20(27-22)18-8-6-14-25-16-18;;;/h1-12,14,16-21H;3-10,13-14H,1-2H3;3-14H,1-2H3;;;/q3*-2;3*+2. The molecule has 0 N–H and O–H groups in total. The van der Waals surface area contributed by atoms with E-state index in [1.54, 1.807) is 48.8 Å². The average molecular weight is 1750 g/mol. The number of anilines is 3. The maximum atomic E-state index is 14.2. The van der Waals surface area contributed by atoms with Crippen molar-refractivity contribution in [2.45, 2.75) is 38.5 Å². The molecule has 8 aromatic heterocycles. The summed E-state index contributed by atoms with van der Waals surface area (Å²) in [6.07, 6.45) is 9.41. The topological polar surface area (TPSA) is 106 Å². The molecule has 0 radical (unpaired) electrons. The molecule has 0 unspecified atom stereocenters. The number of halogens is 4. The van der Waals surface area contributed by atoms with Gasteiger partial charge in [0.1, 0.15) is 11.6 Å². The molecule has 13 rings (SSSR count). The fourth-order valence-corrected chi connectivity index (χ4v) is 9.65. The molecule has 0 saturated heterocycles. The van der Waals surface area contributed by atoms with Crippen LogP contribution >= 0.6 is 0 Å². The minimum atomic E-state index is -0.759. The third-order valence-electron chi connectivity index (χ3n) is 14.5. The van der Waals surface area contributed by atoms with Crippen molar-refractivity contribution in [3.8, 4) is 67.5 Å². The van der Waals surface area contributed by atoms with Crippen molar-refractivity contribution in [1.29, 1.82) is 0 Å². The van der Waals surface area contributed by atoms with Crippen LogP contribution in [0.15, 0.2) is 249 Å². The van der Waals surface area contributed by atoms with E-state index in [9.17, 15) is 17.6 Å². The summed E-state index contributed by atoms with van der Waals surface area (Å²) in [5.74, 6) is -1.37. The Hall–Kier alpha value is -9.12. The summed E-state index contributed by atoms with van der Waals surface area (Å²) in [4.78, 5) is 38.9. The number of rotatable bonds is 13. The summed E-state index contributed by atoms with van der Waals surface area (Å²) >= 11 is 0. The molecule has 0 bridgehead atoms. The van der Waals surface area contributed by atoms with E-state index in [-0.39, 0.29) is 79.7 Å². The van der Waals surface area contributed by atoms with Gasteiger partial charge >= 0.3 is 63.2 Å². The summed E-state index contributed by atoms with van der Waals surface area (Å²) in [6, 6.07) is 83.2.